The van der Waals surface area contributed by atoms with Gasteiger partial charge < -0.3 is 0 Å². The summed E-state index contributed by atoms with van der Waals surface area (Å²) < 4.78 is 0.969. The van der Waals surface area contributed by atoms with E-state index in [0.717, 1.165) is 27.1 Å². The van der Waals surface area contributed by atoms with Gasteiger partial charge in [-0.2, -0.15) is 11.3 Å². The maximum atomic E-state index is 6.16. The fourth-order valence-corrected chi connectivity index (χ4v) is 2.79. The van der Waals surface area contributed by atoms with Gasteiger partial charge in [0.05, 0.1) is 9.26 Å². The van der Waals surface area contributed by atoms with Gasteiger partial charge in [0.2, 0.25) is 0 Å². The lowest BCUT2D eigenvalue weighted by molar-refractivity contribution is 0.632. The Kier molecular flexibility index (Phi) is 4.38. The molecule has 0 saturated carbocycles. The van der Waals surface area contributed by atoms with Crippen LogP contribution in [0.2, 0.25) is 5.15 Å². The highest BCUT2D eigenvalue weighted by molar-refractivity contribution is 14.1. The lowest BCUT2D eigenvalue weighted by Crippen LogP contribution is -2.04. The molecule has 0 amide bonds. The first-order valence-electron chi connectivity index (χ1n) is 5.32. The fourth-order valence-electron chi connectivity index (χ4n) is 1.51. The van der Waals surface area contributed by atoms with Gasteiger partial charge in [-0.3, -0.25) is 0 Å². The van der Waals surface area contributed by atoms with Gasteiger partial charge in [-0.1, -0.05) is 25.4 Å². The van der Waals surface area contributed by atoms with Crippen LogP contribution in [0.3, 0.4) is 0 Å². The minimum absolute atomic E-state index is 0.553. The van der Waals surface area contributed by atoms with E-state index >= 15 is 0 Å². The van der Waals surface area contributed by atoms with Gasteiger partial charge in [0.25, 0.3) is 0 Å². The summed E-state index contributed by atoms with van der Waals surface area (Å²) in [6.45, 7) is 4.35. The lowest BCUT2D eigenvalue weighted by Gasteiger charge is -2.09. The fraction of sp³-hybridized carbons (Fsp3) is 0.333. The third-order valence-corrected chi connectivity index (χ3v) is 4.67. The van der Waals surface area contributed by atoms with E-state index in [1.54, 1.807) is 11.3 Å². The number of aromatic nitrogens is 2. The van der Waals surface area contributed by atoms with Crippen molar-refractivity contribution in [1.82, 2.24) is 9.97 Å². The van der Waals surface area contributed by atoms with E-state index in [0.29, 0.717) is 11.1 Å². The molecule has 0 aromatic carbocycles. The standard InChI is InChI=1S/C12H12ClIN2S/c1-7(2)5-9-10(14)11(13)16-12(15-9)8-3-4-17-6-8/h3-4,6-7H,5H2,1-2H3. The van der Waals surface area contributed by atoms with Gasteiger partial charge in [-0.05, 0) is 46.4 Å². The van der Waals surface area contributed by atoms with Crippen LogP contribution in [-0.4, -0.2) is 9.97 Å². The van der Waals surface area contributed by atoms with E-state index in [4.69, 9.17) is 11.6 Å². The van der Waals surface area contributed by atoms with Crippen molar-refractivity contribution in [2.24, 2.45) is 5.92 Å². The van der Waals surface area contributed by atoms with Gasteiger partial charge in [0.15, 0.2) is 5.82 Å². The summed E-state index contributed by atoms with van der Waals surface area (Å²) in [7, 11) is 0. The zero-order chi connectivity index (χ0) is 12.4. The normalized spacial score (nSPS) is 11.1. The van der Waals surface area contributed by atoms with E-state index in [2.05, 4.69) is 46.4 Å². The van der Waals surface area contributed by atoms with E-state index < -0.39 is 0 Å². The van der Waals surface area contributed by atoms with Gasteiger partial charge in [0, 0.05) is 10.9 Å². The van der Waals surface area contributed by atoms with Crippen molar-refractivity contribution in [2.45, 2.75) is 20.3 Å². The van der Waals surface area contributed by atoms with Crippen molar-refractivity contribution in [2.75, 3.05) is 0 Å². The first-order chi connectivity index (χ1) is 8.08. The second kappa shape index (κ2) is 5.63. The topological polar surface area (TPSA) is 25.8 Å². The molecule has 2 aromatic rings. The third-order valence-electron chi connectivity index (χ3n) is 2.26. The van der Waals surface area contributed by atoms with E-state index in [9.17, 15) is 0 Å². The van der Waals surface area contributed by atoms with Crippen molar-refractivity contribution >= 4 is 45.5 Å². The van der Waals surface area contributed by atoms with Gasteiger partial charge in [0.1, 0.15) is 5.15 Å². The molecule has 0 aliphatic heterocycles. The molecule has 0 aliphatic carbocycles. The highest BCUT2D eigenvalue weighted by Crippen LogP contribution is 2.26. The largest absolute Gasteiger partial charge is 0.232 e. The Morgan fingerprint density at radius 2 is 2.18 bits per heavy atom. The second-order valence-electron chi connectivity index (χ2n) is 4.21. The first kappa shape index (κ1) is 13.2. The molecular formula is C12H12ClIN2S. The molecule has 17 heavy (non-hydrogen) atoms. The molecule has 0 spiro atoms. The first-order valence-corrected chi connectivity index (χ1v) is 7.72. The van der Waals surface area contributed by atoms with Gasteiger partial charge in [-0.25, -0.2) is 9.97 Å². The lowest BCUT2D eigenvalue weighted by atomic mass is 10.1. The van der Waals surface area contributed by atoms with Gasteiger partial charge >= 0.3 is 0 Å². The summed E-state index contributed by atoms with van der Waals surface area (Å²) >= 11 is 10.0. The van der Waals surface area contributed by atoms with Crippen LogP contribution in [0.25, 0.3) is 11.4 Å². The molecular weight excluding hydrogens is 367 g/mol. The smallest absolute Gasteiger partial charge is 0.162 e. The third kappa shape index (κ3) is 3.17. The van der Waals surface area contributed by atoms with Crippen LogP contribution >= 0.6 is 45.5 Å². The predicted octanol–water partition coefficient (Wildman–Crippen LogP) is 4.66. The Hall–Kier alpha value is -0.200. The highest BCUT2D eigenvalue weighted by atomic mass is 127. The summed E-state index contributed by atoms with van der Waals surface area (Å²) in [6.07, 6.45) is 0.928. The van der Waals surface area contributed by atoms with Crippen LogP contribution in [0, 0.1) is 9.49 Å². The van der Waals surface area contributed by atoms with Crippen LogP contribution in [0.4, 0.5) is 0 Å². The number of thiophene rings is 1. The minimum Gasteiger partial charge on any atom is -0.232 e. The number of rotatable bonds is 3. The Labute approximate surface area is 124 Å². The predicted molar refractivity (Wildman–Crippen MR) is 81.6 cm³/mol. The van der Waals surface area contributed by atoms with Gasteiger partial charge in [-0.15, -0.1) is 0 Å². The monoisotopic (exact) mass is 378 g/mol. The Morgan fingerprint density at radius 1 is 1.41 bits per heavy atom. The number of hydrogen-bond donors (Lipinski definition) is 0. The highest BCUT2D eigenvalue weighted by Gasteiger charge is 2.13. The second-order valence-corrected chi connectivity index (χ2v) is 6.43. The van der Waals surface area contributed by atoms with Crippen molar-refractivity contribution in [3.05, 3.63) is 31.2 Å². The number of halogens is 2. The molecule has 0 fully saturated rings. The molecule has 2 nitrogen and oxygen atoms in total. The Balaban J connectivity index is 2.46. The van der Waals surface area contributed by atoms with Crippen molar-refractivity contribution < 1.29 is 0 Å². The average molecular weight is 379 g/mol. The van der Waals surface area contributed by atoms with Crippen molar-refractivity contribution in [3.63, 3.8) is 0 Å². The molecule has 90 valence electrons. The number of nitrogens with zero attached hydrogens (tertiary/aromatic N) is 2. The summed E-state index contributed by atoms with van der Waals surface area (Å²) in [5, 5.41) is 4.61. The van der Waals surface area contributed by atoms with Crippen LogP contribution in [0.5, 0.6) is 0 Å². The molecule has 0 radical (unpaired) electrons. The minimum atomic E-state index is 0.553. The Morgan fingerprint density at radius 3 is 2.76 bits per heavy atom. The summed E-state index contributed by atoms with van der Waals surface area (Å²) in [5.74, 6) is 1.29. The molecule has 2 heterocycles. The van der Waals surface area contributed by atoms with E-state index in [-0.39, 0.29) is 0 Å². The average Bonchev–Trinajstić information content (AvgIpc) is 2.77. The molecule has 0 atom stereocenters. The molecule has 0 bridgehead atoms. The summed E-state index contributed by atoms with van der Waals surface area (Å²) in [5.41, 5.74) is 2.08. The zero-order valence-electron chi connectivity index (χ0n) is 9.58. The van der Waals surface area contributed by atoms with Crippen molar-refractivity contribution in [1.29, 1.82) is 0 Å². The van der Waals surface area contributed by atoms with E-state index in [1.807, 2.05) is 16.8 Å². The molecule has 0 saturated heterocycles. The number of hydrogen-bond acceptors (Lipinski definition) is 3. The molecule has 2 rings (SSSR count). The Bertz CT molecular complexity index is 511. The SMILES string of the molecule is CC(C)Cc1nc(-c2ccsc2)nc(Cl)c1I. The van der Waals surface area contributed by atoms with E-state index in [1.165, 1.54) is 0 Å². The molecule has 5 heteroatoms. The maximum Gasteiger partial charge on any atom is 0.162 e. The zero-order valence-corrected chi connectivity index (χ0v) is 13.3. The molecule has 0 unspecified atom stereocenters. The quantitative estimate of drug-likeness (QED) is 0.573. The summed E-state index contributed by atoms with van der Waals surface area (Å²) in [6, 6.07) is 2.02. The summed E-state index contributed by atoms with van der Waals surface area (Å²) in [4.78, 5) is 8.96. The molecule has 0 N–H and O–H groups in total. The maximum absolute atomic E-state index is 6.16. The van der Waals surface area contributed by atoms with Crippen LogP contribution < -0.4 is 0 Å². The van der Waals surface area contributed by atoms with Crippen LogP contribution in [0.15, 0.2) is 16.8 Å². The van der Waals surface area contributed by atoms with Crippen LogP contribution in [0.1, 0.15) is 19.5 Å². The molecule has 0 aliphatic rings. The molecule has 2 aromatic heterocycles. The van der Waals surface area contributed by atoms with Crippen LogP contribution in [-0.2, 0) is 6.42 Å². The van der Waals surface area contributed by atoms with Crippen molar-refractivity contribution in [3.8, 4) is 11.4 Å².